The van der Waals surface area contributed by atoms with Gasteiger partial charge in [-0.25, -0.2) is 4.99 Å². The van der Waals surface area contributed by atoms with Crippen LogP contribution >= 0.6 is 0 Å². The number of likely N-dealkylation sites (N-methyl/N-ethyl adjacent to an activating group) is 1. The highest BCUT2D eigenvalue weighted by Gasteiger charge is 2.30. The molecule has 0 unspecified atom stereocenters. The topological polar surface area (TPSA) is 36.3 Å². The number of fused-ring (bicyclic) bond motifs is 2. The molecule has 1 fully saturated rings. The van der Waals surface area contributed by atoms with Gasteiger partial charge in [-0.3, -0.25) is 0 Å². The fourth-order valence-corrected chi connectivity index (χ4v) is 5.13. The normalized spacial score (nSPS) is 17.4. The van der Waals surface area contributed by atoms with Gasteiger partial charge < -0.3 is 14.5 Å². The van der Waals surface area contributed by atoms with Crippen LogP contribution in [0.3, 0.4) is 0 Å². The van der Waals surface area contributed by atoms with Crippen LogP contribution in [0.15, 0.2) is 83.5 Å². The quantitative estimate of drug-likeness (QED) is 0.384. The largest absolute Gasteiger partial charge is 0.353 e. The fourth-order valence-electron chi connectivity index (χ4n) is 5.13. The standard InChI is InChI=1S/C28H28N4/c1-4-22-18(2)31(3)28(30-27(22)24-16-19-10-5-7-14-23(19)29-24)26-17-20-11-6-8-15-25(20)32(26)21-12-9-13-21/h5-8,10-11,14-17,21,29H,2,4,9,12-13H2,1,3H3. The van der Waals surface area contributed by atoms with Crippen LogP contribution < -0.4 is 0 Å². The minimum absolute atomic E-state index is 0.544. The number of rotatable bonds is 4. The number of aromatic amines is 1. The van der Waals surface area contributed by atoms with Gasteiger partial charge in [0.25, 0.3) is 0 Å². The highest BCUT2D eigenvalue weighted by molar-refractivity contribution is 6.07. The number of nitrogens with one attached hydrogen (secondary N) is 1. The molecule has 2 aromatic carbocycles. The van der Waals surface area contributed by atoms with E-state index in [1.165, 1.54) is 46.8 Å². The molecule has 1 saturated carbocycles. The van der Waals surface area contributed by atoms with Crippen molar-refractivity contribution in [1.29, 1.82) is 0 Å². The minimum atomic E-state index is 0.544. The summed E-state index contributed by atoms with van der Waals surface area (Å²) in [5.41, 5.74) is 7.89. The summed E-state index contributed by atoms with van der Waals surface area (Å²) in [6.07, 6.45) is 4.64. The number of benzene rings is 2. The Morgan fingerprint density at radius 3 is 2.50 bits per heavy atom. The van der Waals surface area contributed by atoms with Crippen molar-refractivity contribution in [2.45, 2.75) is 38.6 Å². The Labute approximate surface area is 188 Å². The van der Waals surface area contributed by atoms with Crippen molar-refractivity contribution in [3.8, 4) is 0 Å². The lowest BCUT2D eigenvalue weighted by atomic mass is 9.92. The summed E-state index contributed by atoms with van der Waals surface area (Å²) in [4.78, 5) is 11.1. The van der Waals surface area contributed by atoms with Crippen molar-refractivity contribution in [2.75, 3.05) is 7.05 Å². The van der Waals surface area contributed by atoms with Crippen LogP contribution in [0.4, 0.5) is 0 Å². The zero-order valence-corrected chi connectivity index (χ0v) is 18.7. The van der Waals surface area contributed by atoms with Gasteiger partial charge in [-0.2, -0.15) is 0 Å². The average molecular weight is 421 g/mol. The van der Waals surface area contributed by atoms with E-state index >= 15 is 0 Å². The Hall–Kier alpha value is -3.53. The summed E-state index contributed by atoms with van der Waals surface area (Å²) in [5.74, 6) is 0.976. The second kappa shape index (κ2) is 7.27. The first-order chi connectivity index (χ1) is 15.7. The molecule has 32 heavy (non-hydrogen) atoms. The van der Waals surface area contributed by atoms with Crippen LogP contribution in [-0.4, -0.2) is 27.3 Å². The fraction of sp³-hybridized carbons (Fsp3) is 0.250. The molecule has 4 aromatic rings. The smallest absolute Gasteiger partial charge is 0.157 e. The number of amidine groups is 1. The number of aliphatic imine (C=N–C) groups is 1. The Morgan fingerprint density at radius 2 is 1.78 bits per heavy atom. The van der Waals surface area contributed by atoms with Gasteiger partial charge in [0.05, 0.1) is 17.1 Å². The number of hydrogen-bond donors (Lipinski definition) is 1. The van der Waals surface area contributed by atoms with E-state index in [1.54, 1.807) is 0 Å². The maximum atomic E-state index is 5.31. The molecule has 1 aliphatic carbocycles. The summed E-state index contributed by atoms with van der Waals surface area (Å²) >= 11 is 0. The van der Waals surface area contributed by atoms with Gasteiger partial charge >= 0.3 is 0 Å². The van der Waals surface area contributed by atoms with E-state index in [0.29, 0.717) is 6.04 Å². The highest BCUT2D eigenvalue weighted by Crippen LogP contribution is 2.40. The number of nitrogens with zero attached hydrogens (tertiary/aromatic N) is 3. The number of para-hydroxylation sites is 2. The zero-order valence-electron chi connectivity index (χ0n) is 18.7. The van der Waals surface area contributed by atoms with Crippen LogP contribution in [-0.2, 0) is 0 Å². The van der Waals surface area contributed by atoms with Crippen molar-refractivity contribution in [3.63, 3.8) is 0 Å². The van der Waals surface area contributed by atoms with E-state index in [4.69, 9.17) is 4.99 Å². The molecule has 0 amide bonds. The molecule has 1 N–H and O–H groups in total. The molecule has 0 atom stereocenters. The molecule has 0 bridgehead atoms. The van der Waals surface area contributed by atoms with Gasteiger partial charge in [-0.15, -0.1) is 0 Å². The van der Waals surface area contributed by atoms with E-state index < -0.39 is 0 Å². The maximum Gasteiger partial charge on any atom is 0.157 e. The van der Waals surface area contributed by atoms with E-state index in [-0.39, 0.29) is 0 Å². The molecule has 0 spiro atoms. The molecule has 2 aromatic heterocycles. The molecule has 1 aliphatic heterocycles. The van der Waals surface area contributed by atoms with Crippen molar-refractivity contribution in [2.24, 2.45) is 4.99 Å². The first-order valence-corrected chi connectivity index (χ1v) is 11.6. The lowest BCUT2D eigenvalue weighted by molar-refractivity contribution is 0.319. The molecular formula is C28H28N4. The Balaban J connectivity index is 1.58. The highest BCUT2D eigenvalue weighted by atomic mass is 15.2. The van der Waals surface area contributed by atoms with Gasteiger partial charge in [-0.05, 0) is 49.9 Å². The lowest BCUT2D eigenvalue weighted by Crippen LogP contribution is -2.33. The second-order valence-corrected chi connectivity index (χ2v) is 8.94. The molecule has 0 saturated heterocycles. The Bertz CT molecular complexity index is 1390. The van der Waals surface area contributed by atoms with E-state index in [1.807, 2.05) is 0 Å². The summed E-state index contributed by atoms with van der Waals surface area (Å²) < 4.78 is 2.52. The van der Waals surface area contributed by atoms with Gasteiger partial charge in [0.15, 0.2) is 5.84 Å². The predicted molar refractivity (Wildman–Crippen MR) is 134 cm³/mol. The monoisotopic (exact) mass is 420 g/mol. The first kappa shape index (κ1) is 19.2. The maximum absolute atomic E-state index is 5.31. The van der Waals surface area contributed by atoms with Crippen LogP contribution in [0.5, 0.6) is 0 Å². The van der Waals surface area contributed by atoms with Crippen LogP contribution in [0.25, 0.3) is 27.5 Å². The molecular weight excluding hydrogens is 392 g/mol. The Morgan fingerprint density at radius 1 is 1.03 bits per heavy atom. The minimum Gasteiger partial charge on any atom is -0.353 e. The average Bonchev–Trinajstić information content (AvgIpc) is 3.36. The van der Waals surface area contributed by atoms with Gasteiger partial charge in [0.2, 0.25) is 0 Å². The zero-order chi connectivity index (χ0) is 21.8. The summed E-state index contributed by atoms with van der Waals surface area (Å²) in [6.45, 7) is 6.66. The van der Waals surface area contributed by atoms with Gasteiger partial charge in [0, 0.05) is 46.2 Å². The third-order valence-corrected chi connectivity index (χ3v) is 7.13. The van der Waals surface area contributed by atoms with Crippen molar-refractivity contribution in [1.82, 2.24) is 14.5 Å². The third-order valence-electron chi connectivity index (χ3n) is 7.13. The molecule has 160 valence electrons. The Kier molecular flexibility index (Phi) is 4.35. The number of H-pyrrole nitrogens is 1. The SMILES string of the molecule is C=C1C(CC)=C(c2cc3ccccc3[nH]2)N=C(c2cc3ccccc3n2C2CCC2)N1C. The van der Waals surface area contributed by atoms with Crippen molar-refractivity contribution < 1.29 is 0 Å². The van der Waals surface area contributed by atoms with Gasteiger partial charge in [0.1, 0.15) is 0 Å². The van der Waals surface area contributed by atoms with Gasteiger partial charge in [-0.1, -0.05) is 49.9 Å². The van der Waals surface area contributed by atoms with E-state index in [0.717, 1.165) is 34.9 Å². The predicted octanol–water partition coefficient (Wildman–Crippen LogP) is 6.87. The molecule has 2 aliphatic rings. The van der Waals surface area contributed by atoms with Crippen LogP contribution in [0, 0.1) is 0 Å². The third kappa shape index (κ3) is 2.79. The van der Waals surface area contributed by atoms with Crippen LogP contribution in [0.1, 0.15) is 50.0 Å². The number of hydrogen-bond acceptors (Lipinski definition) is 2. The first-order valence-electron chi connectivity index (χ1n) is 11.6. The van der Waals surface area contributed by atoms with Crippen molar-refractivity contribution in [3.05, 3.63) is 89.9 Å². The molecule has 3 heterocycles. The summed E-state index contributed by atoms with van der Waals surface area (Å²) in [7, 11) is 2.10. The summed E-state index contributed by atoms with van der Waals surface area (Å²) in [5, 5.41) is 2.48. The lowest BCUT2D eigenvalue weighted by Gasteiger charge is -2.34. The number of allylic oxidation sites excluding steroid dienone is 1. The molecule has 0 radical (unpaired) electrons. The van der Waals surface area contributed by atoms with Crippen LogP contribution in [0.2, 0.25) is 0 Å². The van der Waals surface area contributed by atoms with Crippen molar-refractivity contribution >= 4 is 33.3 Å². The number of aromatic nitrogens is 2. The summed E-state index contributed by atoms with van der Waals surface area (Å²) in [6, 6.07) is 22.2. The van der Waals surface area contributed by atoms with E-state index in [2.05, 4.69) is 95.7 Å². The molecule has 4 heteroatoms. The van der Waals surface area contributed by atoms with E-state index in [9.17, 15) is 0 Å². The second-order valence-electron chi connectivity index (χ2n) is 8.94. The molecule has 4 nitrogen and oxygen atoms in total. The molecule has 6 rings (SSSR count).